The molecule has 0 spiro atoms. The second-order valence-corrected chi connectivity index (χ2v) is 7.65. The van der Waals surface area contributed by atoms with Crippen molar-refractivity contribution in [1.29, 1.82) is 0 Å². The number of hydrogen-bond donors (Lipinski definition) is 1. The van der Waals surface area contributed by atoms with E-state index in [0.717, 1.165) is 43.4 Å². The Balaban J connectivity index is 1.46. The third-order valence-electron chi connectivity index (χ3n) is 4.73. The maximum Gasteiger partial charge on any atom is 0.224 e. The van der Waals surface area contributed by atoms with E-state index in [9.17, 15) is 4.79 Å². The van der Waals surface area contributed by atoms with Crippen LogP contribution in [0.2, 0.25) is 0 Å². The Hall–Kier alpha value is -1.65. The van der Waals surface area contributed by atoms with Gasteiger partial charge < -0.3 is 5.32 Å². The van der Waals surface area contributed by atoms with Gasteiger partial charge in [-0.2, -0.15) is 0 Å². The quantitative estimate of drug-likeness (QED) is 0.793. The van der Waals surface area contributed by atoms with Crippen molar-refractivity contribution in [2.75, 3.05) is 19.6 Å². The molecule has 0 radical (unpaired) electrons. The molecular formula is C21H25BrN2O. The van der Waals surface area contributed by atoms with Crippen LogP contribution in [0.15, 0.2) is 59.1 Å². The molecule has 1 heterocycles. The molecule has 0 aromatic heterocycles. The van der Waals surface area contributed by atoms with Gasteiger partial charge in [-0.3, -0.25) is 9.69 Å². The van der Waals surface area contributed by atoms with Crippen molar-refractivity contribution in [3.8, 4) is 0 Å². The summed E-state index contributed by atoms with van der Waals surface area (Å²) < 4.78 is 1.11. The molecule has 1 unspecified atom stereocenters. The van der Waals surface area contributed by atoms with Crippen molar-refractivity contribution < 1.29 is 4.79 Å². The number of likely N-dealkylation sites (tertiary alicyclic amines) is 1. The maximum atomic E-state index is 12.5. The van der Waals surface area contributed by atoms with E-state index in [2.05, 4.69) is 56.5 Å². The Morgan fingerprint density at radius 1 is 1.12 bits per heavy atom. The van der Waals surface area contributed by atoms with Crippen molar-refractivity contribution in [3.63, 3.8) is 0 Å². The van der Waals surface area contributed by atoms with Crippen LogP contribution in [-0.2, 0) is 17.8 Å². The Morgan fingerprint density at radius 3 is 2.72 bits per heavy atom. The van der Waals surface area contributed by atoms with E-state index in [4.69, 9.17) is 0 Å². The molecule has 3 nitrogen and oxygen atoms in total. The van der Waals surface area contributed by atoms with Gasteiger partial charge in [-0.05, 0) is 49.1 Å². The van der Waals surface area contributed by atoms with Crippen LogP contribution >= 0.6 is 15.9 Å². The zero-order valence-electron chi connectivity index (χ0n) is 14.5. The minimum atomic E-state index is 0.108. The van der Waals surface area contributed by atoms with E-state index in [-0.39, 0.29) is 11.8 Å². The highest BCUT2D eigenvalue weighted by Crippen LogP contribution is 2.20. The molecule has 1 saturated heterocycles. The largest absolute Gasteiger partial charge is 0.355 e. The maximum absolute atomic E-state index is 12.5. The van der Waals surface area contributed by atoms with Crippen molar-refractivity contribution in [2.24, 2.45) is 5.92 Å². The van der Waals surface area contributed by atoms with Gasteiger partial charge >= 0.3 is 0 Å². The molecule has 1 aliphatic heterocycles. The number of amides is 1. The van der Waals surface area contributed by atoms with Crippen LogP contribution in [0.1, 0.15) is 24.0 Å². The Kier molecular flexibility index (Phi) is 6.65. The third-order valence-corrected chi connectivity index (χ3v) is 5.22. The Labute approximate surface area is 158 Å². The lowest BCUT2D eigenvalue weighted by atomic mass is 9.96. The molecule has 2 aromatic carbocycles. The first kappa shape index (κ1) is 18.2. The lowest BCUT2D eigenvalue weighted by molar-refractivity contribution is -0.126. The number of hydrogen-bond acceptors (Lipinski definition) is 2. The monoisotopic (exact) mass is 400 g/mol. The number of carbonyl (C=O) groups excluding carboxylic acids is 1. The van der Waals surface area contributed by atoms with Gasteiger partial charge in [-0.25, -0.2) is 0 Å². The molecule has 4 heteroatoms. The van der Waals surface area contributed by atoms with Gasteiger partial charge in [0.1, 0.15) is 0 Å². The third kappa shape index (κ3) is 5.68. The van der Waals surface area contributed by atoms with Crippen LogP contribution < -0.4 is 5.32 Å². The van der Waals surface area contributed by atoms with E-state index >= 15 is 0 Å². The van der Waals surface area contributed by atoms with E-state index in [1.807, 2.05) is 24.3 Å². The summed E-state index contributed by atoms with van der Waals surface area (Å²) >= 11 is 3.53. The van der Waals surface area contributed by atoms with Crippen LogP contribution in [0.25, 0.3) is 0 Å². The number of carbonyl (C=O) groups is 1. The highest BCUT2D eigenvalue weighted by Gasteiger charge is 2.25. The van der Waals surface area contributed by atoms with Crippen LogP contribution in [0.4, 0.5) is 0 Å². The summed E-state index contributed by atoms with van der Waals surface area (Å²) in [6, 6.07) is 18.7. The fourth-order valence-electron chi connectivity index (χ4n) is 3.43. The number of piperidine rings is 1. The van der Waals surface area contributed by atoms with Crippen molar-refractivity contribution in [3.05, 3.63) is 70.2 Å². The summed E-state index contributed by atoms with van der Waals surface area (Å²) in [5.41, 5.74) is 2.56. The Morgan fingerprint density at radius 2 is 1.92 bits per heavy atom. The molecule has 132 valence electrons. The van der Waals surface area contributed by atoms with Gasteiger partial charge in [0, 0.05) is 24.1 Å². The van der Waals surface area contributed by atoms with Crippen molar-refractivity contribution >= 4 is 21.8 Å². The second-order valence-electron chi connectivity index (χ2n) is 6.73. The summed E-state index contributed by atoms with van der Waals surface area (Å²) in [5.74, 6) is 0.312. The first-order valence-electron chi connectivity index (χ1n) is 8.99. The summed E-state index contributed by atoms with van der Waals surface area (Å²) in [4.78, 5) is 14.9. The van der Waals surface area contributed by atoms with Crippen molar-refractivity contribution in [2.45, 2.75) is 25.8 Å². The molecule has 2 aromatic rings. The number of benzene rings is 2. The molecule has 1 fully saturated rings. The van der Waals surface area contributed by atoms with Gasteiger partial charge in [0.25, 0.3) is 0 Å². The SMILES string of the molecule is O=C(NCCc1ccccc1)C1CCCN(Cc2cccc(Br)c2)C1. The fourth-order valence-corrected chi connectivity index (χ4v) is 3.87. The fraction of sp³-hybridized carbons (Fsp3) is 0.381. The molecule has 0 aliphatic carbocycles. The van der Waals surface area contributed by atoms with Gasteiger partial charge in [0.15, 0.2) is 0 Å². The molecule has 1 aliphatic rings. The average Bonchev–Trinajstić information content (AvgIpc) is 2.63. The molecule has 1 amide bonds. The lowest BCUT2D eigenvalue weighted by Gasteiger charge is -2.32. The second kappa shape index (κ2) is 9.16. The zero-order valence-corrected chi connectivity index (χ0v) is 16.0. The smallest absolute Gasteiger partial charge is 0.224 e. The average molecular weight is 401 g/mol. The highest BCUT2D eigenvalue weighted by molar-refractivity contribution is 9.10. The predicted octanol–water partition coefficient (Wildman–Crippen LogP) is 4.02. The van der Waals surface area contributed by atoms with Gasteiger partial charge in [-0.15, -0.1) is 0 Å². The highest BCUT2D eigenvalue weighted by atomic mass is 79.9. The van der Waals surface area contributed by atoms with E-state index in [1.165, 1.54) is 11.1 Å². The standard InChI is InChI=1S/C21H25BrN2O/c22-20-10-4-8-18(14-20)15-24-13-5-9-19(16-24)21(25)23-12-11-17-6-2-1-3-7-17/h1-4,6-8,10,14,19H,5,9,11-13,15-16H2,(H,23,25). The van der Waals surface area contributed by atoms with Crippen LogP contribution in [0, 0.1) is 5.92 Å². The molecule has 3 rings (SSSR count). The van der Waals surface area contributed by atoms with Crippen LogP contribution in [-0.4, -0.2) is 30.4 Å². The van der Waals surface area contributed by atoms with E-state index in [1.54, 1.807) is 0 Å². The van der Waals surface area contributed by atoms with Gasteiger partial charge in [0.2, 0.25) is 5.91 Å². The van der Waals surface area contributed by atoms with Gasteiger partial charge in [0.05, 0.1) is 5.92 Å². The lowest BCUT2D eigenvalue weighted by Crippen LogP contribution is -2.43. The number of halogens is 1. The molecule has 1 atom stereocenters. The topological polar surface area (TPSA) is 32.3 Å². The van der Waals surface area contributed by atoms with E-state index in [0.29, 0.717) is 6.54 Å². The van der Waals surface area contributed by atoms with Crippen LogP contribution in [0.3, 0.4) is 0 Å². The normalized spacial score (nSPS) is 18.0. The number of nitrogens with one attached hydrogen (secondary N) is 1. The summed E-state index contributed by atoms with van der Waals surface area (Å²) in [7, 11) is 0. The van der Waals surface area contributed by atoms with E-state index < -0.39 is 0 Å². The zero-order chi connectivity index (χ0) is 17.5. The predicted molar refractivity (Wildman–Crippen MR) is 105 cm³/mol. The summed E-state index contributed by atoms with van der Waals surface area (Å²) in [5, 5.41) is 3.12. The molecule has 25 heavy (non-hydrogen) atoms. The van der Waals surface area contributed by atoms with Crippen molar-refractivity contribution in [1.82, 2.24) is 10.2 Å². The Bertz CT molecular complexity index is 689. The first-order valence-corrected chi connectivity index (χ1v) is 9.78. The molecular weight excluding hydrogens is 376 g/mol. The minimum absolute atomic E-state index is 0.108. The summed E-state index contributed by atoms with van der Waals surface area (Å²) in [6.07, 6.45) is 2.97. The molecule has 0 saturated carbocycles. The van der Waals surface area contributed by atoms with Gasteiger partial charge in [-0.1, -0.05) is 58.4 Å². The number of rotatable bonds is 6. The minimum Gasteiger partial charge on any atom is -0.355 e. The molecule has 1 N–H and O–H groups in total. The molecule has 0 bridgehead atoms. The van der Waals surface area contributed by atoms with Crippen LogP contribution in [0.5, 0.6) is 0 Å². The number of nitrogens with zero attached hydrogens (tertiary/aromatic N) is 1. The first-order chi connectivity index (χ1) is 12.2. The summed E-state index contributed by atoms with van der Waals surface area (Å²) in [6.45, 7) is 3.54.